The number of halogens is 6. The van der Waals surface area contributed by atoms with Gasteiger partial charge < -0.3 is 0 Å². The lowest BCUT2D eigenvalue weighted by molar-refractivity contribution is -0.288. The third-order valence-corrected chi connectivity index (χ3v) is 4.40. The van der Waals surface area contributed by atoms with Gasteiger partial charge in [-0.05, 0) is 23.3 Å². The summed E-state index contributed by atoms with van der Waals surface area (Å²) in [6.07, 6.45) is -11.8. The molecule has 2 aromatic carbocycles. The first-order valence-electron chi connectivity index (χ1n) is 7.71. The maximum Gasteiger partial charge on any atom is 0.411 e. The van der Waals surface area contributed by atoms with Crippen LogP contribution in [0.25, 0.3) is 0 Å². The highest BCUT2D eigenvalue weighted by Gasteiger charge is 2.72. The molecule has 0 spiro atoms. The molecule has 2 rings (SSSR count). The van der Waals surface area contributed by atoms with Crippen molar-refractivity contribution in [2.24, 2.45) is 0 Å². The number of carbonyl (C=O) groups is 4. The van der Waals surface area contributed by atoms with Crippen molar-refractivity contribution in [3.8, 4) is 0 Å². The van der Waals surface area contributed by atoms with Crippen LogP contribution in [0.5, 0.6) is 0 Å². The summed E-state index contributed by atoms with van der Waals surface area (Å²) in [6.45, 7) is 0. The van der Waals surface area contributed by atoms with Gasteiger partial charge in [0.15, 0.2) is 25.1 Å². The molecule has 0 aliphatic heterocycles. The summed E-state index contributed by atoms with van der Waals surface area (Å²) in [4.78, 5) is 43.9. The van der Waals surface area contributed by atoms with E-state index in [1.54, 1.807) is 0 Å². The highest BCUT2D eigenvalue weighted by molar-refractivity contribution is 5.91. The number of alkyl halides is 6. The second-order valence-electron chi connectivity index (χ2n) is 5.90. The normalized spacial score (nSPS) is 12.3. The van der Waals surface area contributed by atoms with E-state index in [9.17, 15) is 45.5 Å². The molecule has 4 nitrogen and oxygen atoms in total. The third-order valence-electron chi connectivity index (χ3n) is 4.40. The monoisotopic (exact) mass is 416 g/mol. The highest BCUT2D eigenvalue weighted by atomic mass is 19.4. The Morgan fingerprint density at radius 2 is 0.828 bits per heavy atom. The molecule has 0 amide bonds. The molecule has 0 saturated heterocycles. The maximum absolute atomic E-state index is 14.0. The largest absolute Gasteiger partial charge is 0.411 e. The fourth-order valence-electron chi connectivity index (χ4n) is 3.02. The summed E-state index contributed by atoms with van der Waals surface area (Å²) < 4.78 is 84.3. The Balaban J connectivity index is 3.03. The zero-order chi connectivity index (χ0) is 22.0. The lowest BCUT2D eigenvalue weighted by atomic mass is 9.71. The predicted molar refractivity (Wildman–Crippen MR) is 87.3 cm³/mol. The molecular weight excluding hydrogens is 406 g/mol. The average Bonchev–Trinajstić information content (AvgIpc) is 2.65. The second kappa shape index (κ2) is 7.61. The molecule has 0 atom stereocenters. The van der Waals surface area contributed by atoms with Crippen molar-refractivity contribution in [2.75, 3.05) is 0 Å². The minimum absolute atomic E-state index is 0.0446. The van der Waals surface area contributed by atoms with E-state index in [4.69, 9.17) is 0 Å². The summed E-state index contributed by atoms with van der Waals surface area (Å²) in [6, 6.07) is 2.85. The Morgan fingerprint density at radius 3 is 1.07 bits per heavy atom. The van der Waals surface area contributed by atoms with Gasteiger partial charge in [0.25, 0.3) is 0 Å². The molecule has 0 aliphatic carbocycles. The van der Waals surface area contributed by atoms with Crippen LogP contribution in [0.4, 0.5) is 26.3 Å². The summed E-state index contributed by atoms with van der Waals surface area (Å²) >= 11 is 0. The summed E-state index contributed by atoms with van der Waals surface area (Å²) in [7, 11) is 0. The molecule has 0 aliphatic rings. The van der Waals surface area contributed by atoms with Crippen LogP contribution in [-0.2, 0) is 5.41 Å². The molecule has 2 aromatic rings. The van der Waals surface area contributed by atoms with E-state index >= 15 is 0 Å². The fourth-order valence-corrected chi connectivity index (χ4v) is 3.02. The Bertz CT molecular complexity index is 896. The van der Waals surface area contributed by atoms with E-state index in [-0.39, 0.29) is 25.1 Å². The highest BCUT2D eigenvalue weighted by Crippen LogP contribution is 2.56. The number of aldehydes is 4. The molecule has 10 heteroatoms. The van der Waals surface area contributed by atoms with Gasteiger partial charge in [-0.1, -0.05) is 24.3 Å². The summed E-state index contributed by atoms with van der Waals surface area (Å²) in [5.41, 5.74) is -9.51. The Kier molecular flexibility index (Phi) is 5.77. The molecular formula is C19H10F6O4. The Hall–Kier alpha value is -3.30. The van der Waals surface area contributed by atoms with Crippen LogP contribution in [0, 0.1) is 0 Å². The van der Waals surface area contributed by atoms with E-state index in [0.717, 1.165) is 0 Å². The smallest absolute Gasteiger partial charge is 0.298 e. The number of hydrogen-bond acceptors (Lipinski definition) is 4. The van der Waals surface area contributed by atoms with Gasteiger partial charge >= 0.3 is 12.4 Å². The minimum Gasteiger partial charge on any atom is -0.298 e. The Morgan fingerprint density at radius 1 is 0.517 bits per heavy atom. The van der Waals surface area contributed by atoms with E-state index in [0.29, 0.717) is 36.4 Å². The second-order valence-corrected chi connectivity index (χ2v) is 5.90. The number of rotatable bonds is 6. The fraction of sp³-hybridized carbons (Fsp3) is 0.158. The first-order chi connectivity index (χ1) is 13.5. The van der Waals surface area contributed by atoms with Crippen LogP contribution in [0.1, 0.15) is 52.6 Å². The van der Waals surface area contributed by atoms with Crippen molar-refractivity contribution < 1.29 is 45.5 Å². The topological polar surface area (TPSA) is 68.3 Å². The van der Waals surface area contributed by atoms with Crippen LogP contribution in [0.15, 0.2) is 36.4 Å². The van der Waals surface area contributed by atoms with Gasteiger partial charge in [0.2, 0.25) is 5.41 Å². The third kappa shape index (κ3) is 3.45. The van der Waals surface area contributed by atoms with Gasteiger partial charge in [-0.15, -0.1) is 0 Å². The average molecular weight is 416 g/mol. The molecule has 29 heavy (non-hydrogen) atoms. The molecule has 0 fully saturated rings. The van der Waals surface area contributed by atoms with Gasteiger partial charge in [-0.2, -0.15) is 26.3 Å². The van der Waals surface area contributed by atoms with Gasteiger partial charge in [0.05, 0.1) is 0 Å². The molecule has 0 N–H and O–H groups in total. The lowest BCUT2D eigenvalue weighted by Gasteiger charge is -2.38. The van der Waals surface area contributed by atoms with Crippen molar-refractivity contribution in [1.29, 1.82) is 0 Å². The van der Waals surface area contributed by atoms with Gasteiger partial charge in [0, 0.05) is 22.3 Å². The molecule has 0 radical (unpaired) electrons. The van der Waals surface area contributed by atoms with Gasteiger partial charge in [-0.3, -0.25) is 19.2 Å². The van der Waals surface area contributed by atoms with E-state index in [1.165, 1.54) is 0 Å². The first-order valence-corrected chi connectivity index (χ1v) is 7.71. The number of carbonyl (C=O) groups excluding carboxylic acids is 4. The molecule has 152 valence electrons. The minimum atomic E-state index is -5.96. The SMILES string of the molecule is O=Cc1ccc(C(c2ccc(C=O)c(C=O)c2)(C(F)(F)F)C(F)(F)F)cc1C=O. The van der Waals surface area contributed by atoms with Gasteiger partial charge in [-0.25, -0.2) is 0 Å². The van der Waals surface area contributed by atoms with Crippen molar-refractivity contribution in [1.82, 2.24) is 0 Å². The number of benzene rings is 2. The van der Waals surface area contributed by atoms with Crippen molar-refractivity contribution in [2.45, 2.75) is 17.8 Å². The van der Waals surface area contributed by atoms with Crippen LogP contribution in [0.3, 0.4) is 0 Å². The number of hydrogen-bond donors (Lipinski definition) is 0. The van der Waals surface area contributed by atoms with Crippen molar-refractivity contribution >= 4 is 25.1 Å². The Labute approximate surface area is 159 Å². The van der Waals surface area contributed by atoms with Crippen LogP contribution in [-0.4, -0.2) is 37.5 Å². The first kappa shape index (κ1) is 22.0. The zero-order valence-corrected chi connectivity index (χ0v) is 14.2. The van der Waals surface area contributed by atoms with Crippen LogP contribution < -0.4 is 0 Å². The van der Waals surface area contributed by atoms with Crippen molar-refractivity contribution in [3.63, 3.8) is 0 Å². The standard InChI is InChI=1S/C19H10F6O4/c20-18(21,22)17(19(23,24)25,15-3-1-11(7-26)13(5-15)9-28)16-4-2-12(8-27)14(6-16)10-29/h1-10H. The van der Waals surface area contributed by atoms with E-state index in [1.807, 2.05) is 0 Å². The van der Waals surface area contributed by atoms with Crippen LogP contribution >= 0.6 is 0 Å². The molecule has 0 heterocycles. The zero-order valence-electron chi connectivity index (χ0n) is 14.2. The quantitative estimate of drug-likeness (QED) is 0.519. The molecule has 0 saturated carbocycles. The molecule has 0 bridgehead atoms. The molecule has 0 unspecified atom stereocenters. The van der Waals surface area contributed by atoms with E-state index < -0.39 is 51.1 Å². The summed E-state index contributed by atoms with van der Waals surface area (Å²) in [5.74, 6) is 0. The van der Waals surface area contributed by atoms with Crippen LogP contribution in [0.2, 0.25) is 0 Å². The predicted octanol–water partition coefficient (Wildman–Crippen LogP) is 4.35. The van der Waals surface area contributed by atoms with Gasteiger partial charge in [0.1, 0.15) is 0 Å². The van der Waals surface area contributed by atoms with E-state index in [2.05, 4.69) is 0 Å². The molecule has 0 aromatic heterocycles. The van der Waals surface area contributed by atoms with Crippen molar-refractivity contribution in [3.05, 3.63) is 69.8 Å². The maximum atomic E-state index is 14.0. The lowest BCUT2D eigenvalue weighted by Crippen LogP contribution is -2.55. The summed E-state index contributed by atoms with van der Waals surface area (Å²) in [5, 5.41) is 0.